The summed E-state index contributed by atoms with van der Waals surface area (Å²) in [6, 6.07) is 48.9. The molecule has 526 valence electrons. The third kappa shape index (κ3) is 19.5. The molecule has 0 radical (unpaired) electrons. The molecule has 0 aromatic heterocycles. The molecule has 0 N–H and O–H groups in total. The summed E-state index contributed by atoms with van der Waals surface area (Å²) in [6.07, 6.45) is 62.1. The Kier molecular flexibility index (Phi) is 27.3. The summed E-state index contributed by atoms with van der Waals surface area (Å²) in [7, 11) is 0. The fourth-order valence-electron chi connectivity index (χ4n) is 21.5. The summed E-state index contributed by atoms with van der Waals surface area (Å²) >= 11 is 0. The molecule has 4 spiro atoms. The minimum absolute atomic E-state index is 0.406. The van der Waals surface area contributed by atoms with Gasteiger partial charge in [-0.05, 0) is 297 Å². The van der Waals surface area contributed by atoms with Crippen molar-refractivity contribution in [3.05, 3.63) is 177 Å². The van der Waals surface area contributed by atoms with E-state index in [2.05, 4.69) is 142 Å². The van der Waals surface area contributed by atoms with Crippen LogP contribution in [0.25, 0.3) is 0 Å². The summed E-state index contributed by atoms with van der Waals surface area (Å²) in [5.41, 5.74) is 16.9. The monoisotopic (exact) mass is 1310 g/mol. The molecule has 5 nitrogen and oxygen atoms in total. The second-order valence-electron chi connectivity index (χ2n) is 33.5. The van der Waals surface area contributed by atoms with Crippen LogP contribution in [0.4, 0.5) is 0 Å². The maximum absolute atomic E-state index is 10.7. The van der Waals surface area contributed by atoms with Crippen molar-refractivity contribution in [3.8, 4) is 0 Å². The lowest BCUT2D eigenvalue weighted by molar-refractivity contribution is -0.119. The second kappa shape index (κ2) is 36.8. The Morgan fingerprint density at radius 2 is 0.660 bits per heavy atom. The number of likely N-dealkylation sites (tertiary alicyclic amines) is 3. The molecule has 9 aliphatic carbocycles. The van der Waals surface area contributed by atoms with Crippen molar-refractivity contribution in [2.45, 2.75) is 323 Å². The number of ketones is 1. The Morgan fingerprint density at radius 1 is 0.320 bits per heavy atom. The minimum Gasteiger partial charge on any atom is -0.303 e. The third-order valence-electron chi connectivity index (χ3n) is 27.3. The van der Waals surface area contributed by atoms with Crippen molar-refractivity contribution in [2.24, 2.45) is 11.8 Å². The normalized spacial score (nSPS) is 24.1. The summed E-state index contributed by atoms with van der Waals surface area (Å²) < 4.78 is 0. The Bertz CT molecular complexity index is 3100. The number of hydrogen-bond donors (Lipinski definition) is 0. The summed E-state index contributed by atoms with van der Waals surface area (Å²) in [5.74, 6) is 1.88. The molecule has 0 amide bonds. The van der Waals surface area contributed by atoms with E-state index in [-0.39, 0.29) is 0 Å². The first-order chi connectivity index (χ1) is 47.8. The van der Waals surface area contributed by atoms with Gasteiger partial charge in [0, 0.05) is 37.9 Å². The van der Waals surface area contributed by atoms with Crippen molar-refractivity contribution in [3.63, 3.8) is 0 Å². The van der Waals surface area contributed by atoms with Gasteiger partial charge in [0.2, 0.25) is 0 Å². The highest BCUT2D eigenvalue weighted by atomic mass is 16.1. The van der Waals surface area contributed by atoms with E-state index in [4.69, 9.17) is 0 Å². The molecule has 3 saturated heterocycles. The molecule has 17 rings (SSSR count). The number of fused-ring (bicyclic) bond motifs is 8. The topological polar surface area (TPSA) is 43.9 Å². The fourth-order valence-corrected chi connectivity index (χ4v) is 21.5. The van der Waals surface area contributed by atoms with Gasteiger partial charge in [-0.1, -0.05) is 224 Å². The predicted octanol–water partition coefficient (Wildman–Crippen LogP) is 22.5. The van der Waals surface area contributed by atoms with Crippen LogP contribution in [-0.2, 0) is 63.5 Å². The van der Waals surface area contributed by atoms with Gasteiger partial charge in [-0.15, -0.1) is 0 Å². The van der Waals surface area contributed by atoms with Crippen molar-refractivity contribution in [1.82, 2.24) is 14.7 Å². The summed E-state index contributed by atoms with van der Waals surface area (Å²) in [5, 5.41) is 0. The van der Waals surface area contributed by atoms with Crippen molar-refractivity contribution in [2.75, 3.05) is 45.8 Å². The predicted molar refractivity (Wildman–Crippen MR) is 408 cm³/mol. The molecule has 5 aromatic rings. The summed E-state index contributed by atoms with van der Waals surface area (Å²) in [6.45, 7) is 10.3. The molecule has 97 heavy (non-hydrogen) atoms. The van der Waals surface area contributed by atoms with Crippen molar-refractivity contribution >= 4 is 12.1 Å². The van der Waals surface area contributed by atoms with Crippen LogP contribution in [-0.4, -0.2) is 78.6 Å². The van der Waals surface area contributed by atoms with Gasteiger partial charge in [0.1, 0.15) is 12.1 Å². The third-order valence-corrected chi connectivity index (χ3v) is 27.3. The Hall–Kier alpha value is -4.68. The highest BCUT2D eigenvalue weighted by molar-refractivity contribution is 5.78. The van der Waals surface area contributed by atoms with E-state index in [1.807, 2.05) is 0 Å². The Morgan fingerprint density at radius 3 is 1.09 bits per heavy atom. The van der Waals surface area contributed by atoms with Crippen molar-refractivity contribution in [1.29, 1.82) is 0 Å². The Balaban J connectivity index is 0.000000115. The van der Waals surface area contributed by atoms with Crippen LogP contribution < -0.4 is 0 Å². The first kappa shape index (κ1) is 72.1. The number of aldehydes is 1. The van der Waals surface area contributed by atoms with Crippen LogP contribution in [0.3, 0.4) is 0 Å². The van der Waals surface area contributed by atoms with Crippen LogP contribution in [0, 0.1) is 11.8 Å². The van der Waals surface area contributed by atoms with Gasteiger partial charge >= 0.3 is 0 Å². The van der Waals surface area contributed by atoms with E-state index in [0.29, 0.717) is 33.4 Å². The van der Waals surface area contributed by atoms with Crippen LogP contribution in [0.1, 0.15) is 313 Å². The zero-order valence-corrected chi connectivity index (χ0v) is 61.1. The number of carbonyl (C=O) groups excluding carboxylic acids is 2. The van der Waals surface area contributed by atoms with Gasteiger partial charge in [-0.2, -0.15) is 0 Å². The number of carbonyl (C=O) groups is 2. The molecule has 3 heterocycles. The van der Waals surface area contributed by atoms with Crippen LogP contribution in [0.15, 0.2) is 127 Å². The number of rotatable bonds is 6. The standard InChI is InChI=1S/C21H31N.C21H25N.C21H31N.C15H20.2C7H12O/c2*1-2-7-18(8-3-1)17-22-15-13-21(14-16-22)12-6-10-19-9-4-5-11-20(19)21;1-2-4-11-19(10-3-1)22-16-14-21(15-17-22)13-7-9-18-8-5-6-12-20(18)21;1-4-10-15(11-5-1)12-6-8-13-7-2-3-9-14(13)15;8-6-7-4-2-1-3-5-7;8-7-5-3-1-2-4-6-7/h4-5,9,11,18H,1-3,6-8,10,12-17H2;1-5,7-9,11H,6,10,12-17H2;5-6,8,12,19H,1-4,7,9-11,13-17H2;2-3,7,9H,1,4-6,8,10-12H2;6-7H,1-5H2;1-6H2. The smallest absolute Gasteiger partial charge is 0.132 e. The maximum Gasteiger partial charge on any atom is 0.132 e. The first-order valence-electron chi connectivity index (χ1n) is 41.4. The lowest BCUT2D eigenvalue weighted by atomic mass is 9.62. The van der Waals surface area contributed by atoms with Crippen LogP contribution >= 0.6 is 0 Å². The average Bonchev–Trinajstić information content (AvgIpc) is 1.07. The molecule has 8 fully saturated rings. The molecule has 3 aliphatic heterocycles. The van der Waals surface area contributed by atoms with Crippen molar-refractivity contribution < 1.29 is 9.59 Å². The maximum atomic E-state index is 10.7. The van der Waals surface area contributed by atoms with Gasteiger partial charge in [0.05, 0.1) is 0 Å². The molecular formula is C92H131N3O2. The lowest BCUT2D eigenvalue weighted by Crippen LogP contribution is -2.48. The van der Waals surface area contributed by atoms with Crippen LogP contribution in [0.2, 0.25) is 0 Å². The highest BCUT2D eigenvalue weighted by Crippen LogP contribution is 2.50. The minimum atomic E-state index is 0.406. The number of hydrogen-bond acceptors (Lipinski definition) is 5. The number of Topliss-reactive ketones (excluding diaryl/α,β-unsaturated/α-hetero) is 1. The van der Waals surface area contributed by atoms with Gasteiger partial charge in [0.25, 0.3) is 0 Å². The molecule has 0 bridgehead atoms. The first-order valence-corrected chi connectivity index (χ1v) is 41.4. The number of nitrogens with zero attached hydrogens (tertiary/aromatic N) is 3. The largest absolute Gasteiger partial charge is 0.303 e. The SMILES string of the molecule is O=C1CCCCCC1.O=CC1CCCCC1.c1ccc(CN2CCC3(CCCc4ccccc43)CC2)cc1.c1ccc2c(c1)CCCC21CCCCC1.c1ccc2c(c1)CCCC21CCN(C2CCCCCC2)CC1.c1ccc2c(c1)CCCC21CCN(CC2CCCCC2)CC1. The Labute approximate surface area is 591 Å². The van der Waals surface area contributed by atoms with E-state index < -0.39 is 0 Å². The van der Waals surface area contributed by atoms with E-state index in [0.717, 1.165) is 63.3 Å². The van der Waals surface area contributed by atoms with E-state index in [1.54, 1.807) is 44.5 Å². The average molecular weight is 1310 g/mol. The lowest BCUT2D eigenvalue weighted by Gasteiger charge is -2.47. The molecular weight excluding hydrogens is 1180 g/mol. The van der Waals surface area contributed by atoms with Gasteiger partial charge < -0.3 is 14.6 Å². The van der Waals surface area contributed by atoms with E-state index in [1.165, 1.54) is 302 Å². The quantitative estimate of drug-likeness (QED) is 0.125. The van der Waals surface area contributed by atoms with E-state index in [9.17, 15) is 9.59 Å². The second-order valence-corrected chi connectivity index (χ2v) is 33.5. The van der Waals surface area contributed by atoms with Gasteiger partial charge in [-0.25, -0.2) is 0 Å². The van der Waals surface area contributed by atoms with E-state index >= 15 is 0 Å². The fraction of sp³-hybridized carbons (Fsp3) is 0.652. The van der Waals surface area contributed by atoms with Gasteiger partial charge in [0.15, 0.2) is 0 Å². The molecule has 5 saturated carbocycles. The molecule has 5 heteroatoms. The molecule has 0 unspecified atom stereocenters. The summed E-state index contributed by atoms with van der Waals surface area (Å²) in [4.78, 5) is 29.1. The molecule has 5 aromatic carbocycles. The van der Waals surface area contributed by atoms with Crippen LogP contribution in [0.5, 0.6) is 0 Å². The number of piperidine rings is 3. The zero-order chi connectivity index (χ0) is 66.3. The number of aryl methyl sites for hydroxylation is 4. The molecule has 12 aliphatic rings. The highest BCUT2D eigenvalue weighted by Gasteiger charge is 2.43. The zero-order valence-electron chi connectivity index (χ0n) is 61.1. The number of benzene rings is 5. The van der Waals surface area contributed by atoms with Gasteiger partial charge in [-0.3, -0.25) is 9.69 Å². The molecule has 0 atom stereocenters.